The molecule has 20 heavy (non-hydrogen) atoms. The van der Waals surface area contributed by atoms with E-state index in [9.17, 15) is 10.1 Å². The standard InChI is InChI=1S/C15H17BrClNO2/c16-14-7-6-12(15(9-14)18(19)20)8-13(10-17)11-4-2-1-3-5-11/h6-9,11H,1-5,10H2/b13-8-. The first kappa shape index (κ1) is 15.5. The fraction of sp³-hybridized carbons (Fsp3) is 0.467. The number of halogens is 2. The average Bonchev–Trinajstić information content (AvgIpc) is 2.46. The van der Waals surface area contributed by atoms with Crippen LogP contribution in [0.15, 0.2) is 28.2 Å². The summed E-state index contributed by atoms with van der Waals surface area (Å²) in [7, 11) is 0. The van der Waals surface area contributed by atoms with E-state index in [0.29, 0.717) is 21.8 Å². The summed E-state index contributed by atoms with van der Waals surface area (Å²) in [6.45, 7) is 0. The van der Waals surface area contributed by atoms with Crippen LogP contribution in [0.3, 0.4) is 0 Å². The quantitative estimate of drug-likeness (QED) is 0.402. The number of nitro benzene ring substituents is 1. The first-order valence-corrected chi connectivity index (χ1v) is 8.15. The van der Waals surface area contributed by atoms with E-state index in [1.807, 2.05) is 12.1 Å². The van der Waals surface area contributed by atoms with E-state index in [1.54, 1.807) is 12.1 Å². The Morgan fingerprint density at radius 2 is 2.10 bits per heavy atom. The largest absolute Gasteiger partial charge is 0.277 e. The number of nitro groups is 1. The highest BCUT2D eigenvalue weighted by molar-refractivity contribution is 9.10. The van der Waals surface area contributed by atoms with Crippen LogP contribution in [0.4, 0.5) is 5.69 Å². The van der Waals surface area contributed by atoms with Gasteiger partial charge in [-0.25, -0.2) is 0 Å². The van der Waals surface area contributed by atoms with Crippen LogP contribution in [0.2, 0.25) is 0 Å². The van der Waals surface area contributed by atoms with E-state index in [4.69, 9.17) is 11.6 Å². The van der Waals surface area contributed by atoms with Crippen molar-refractivity contribution in [2.75, 3.05) is 5.88 Å². The van der Waals surface area contributed by atoms with Crippen LogP contribution < -0.4 is 0 Å². The van der Waals surface area contributed by atoms with Crippen molar-refractivity contribution in [1.82, 2.24) is 0 Å². The maximum Gasteiger partial charge on any atom is 0.277 e. The van der Waals surface area contributed by atoms with Gasteiger partial charge in [-0.1, -0.05) is 40.8 Å². The lowest BCUT2D eigenvalue weighted by Crippen LogP contribution is -2.10. The van der Waals surface area contributed by atoms with Crippen LogP contribution in [0, 0.1) is 16.0 Å². The number of rotatable bonds is 4. The number of hydrogen-bond donors (Lipinski definition) is 0. The smallest absolute Gasteiger partial charge is 0.258 e. The van der Waals surface area contributed by atoms with Gasteiger partial charge in [0.1, 0.15) is 0 Å². The van der Waals surface area contributed by atoms with Gasteiger partial charge in [0.05, 0.1) is 10.5 Å². The van der Waals surface area contributed by atoms with Crippen molar-refractivity contribution in [3.05, 3.63) is 43.9 Å². The predicted octanol–water partition coefficient (Wildman–Crippen LogP) is 5.56. The molecule has 1 fully saturated rings. The highest BCUT2D eigenvalue weighted by atomic mass is 79.9. The van der Waals surface area contributed by atoms with Crippen LogP contribution in [-0.4, -0.2) is 10.8 Å². The molecule has 0 bridgehead atoms. The molecule has 0 atom stereocenters. The molecule has 0 aliphatic heterocycles. The van der Waals surface area contributed by atoms with E-state index in [2.05, 4.69) is 15.9 Å². The zero-order chi connectivity index (χ0) is 14.5. The highest BCUT2D eigenvalue weighted by Crippen LogP contribution is 2.33. The summed E-state index contributed by atoms with van der Waals surface area (Å²) < 4.78 is 0.714. The molecule has 0 unspecified atom stereocenters. The van der Waals surface area contributed by atoms with E-state index >= 15 is 0 Å². The Hall–Kier alpha value is -0.870. The van der Waals surface area contributed by atoms with E-state index < -0.39 is 0 Å². The molecule has 5 heteroatoms. The van der Waals surface area contributed by atoms with Gasteiger partial charge in [0, 0.05) is 16.4 Å². The van der Waals surface area contributed by atoms with E-state index in [1.165, 1.54) is 19.3 Å². The lowest BCUT2D eigenvalue weighted by Gasteiger charge is -2.23. The number of allylic oxidation sites excluding steroid dienone is 1. The predicted molar refractivity (Wildman–Crippen MR) is 86.1 cm³/mol. The second kappa shape index (κ2) is 7.23. The second-order valence-corrected chi connectivity index (χ2v) is 6.33. The molecule has 1 aliphatic carbocycles. The SMILES string of the molecule is O=[N+]([O-])c1cc(Br)ccc1/C=C(/CCl)C1CCCCC1. The van der Waals surface area contributed by atoms with Crippen molar-refractivity contribution in [3.63, 3.8) is 0 Å². The first-order chi connectivity index (χ1) is 9.61. The molecule has 1 aromatic rings. The topological polar surface area (TPSA) is 43.1 Å². The molecule has 0 spiro atoms. The lowest BCUT2D eigenvalue weighted by atomic mass is 9.83. The minimum atomic E-state index is -0.344. The average molecular weight is 359 g/mol. The summed E-state index contributed by atoms with van der Waals surface area (Å²) in [6.07, 6.45) is 7.92. The van der Waals surface area contributed by atoms with Crippen molar-refractivity contribution in [1.29, 1.82) is 0 Å². The summed E-state index contributed by atoms with van der Waals surface area (Å²) in [4.78, 5) is 10.8. The number of benzene rings is 1. The van der Waals surface area contributed by atoms with Gasteiger partial charge in [0.15, 0.2) is 0 Å². The molecule has 3 nitrogen and oxygen atoms in total. The minimum Gasteiger partial charge on any atom is -0.258 e. The van der Waals surface area contributed by atoms with Gasteiger partial charge in [0.2, 0.25) is 0 Å². The Balaban J connectivity index is 2.33. The molecular weight excluding hydrogens is 342 g/mol. The van der Waals surface area contributed by atoms with Gasteiger partial charge in [-0.15, -0.1) is 11.6 Å². The van der Waals surface area contributed by atoms with Crippen LogP contribution in [0.1, 0.15) is 37.7 Å². The van der Waals surface area contributed by atoms with Gasteiger partial charge < -0.3 is 0 Å². The molecule has 0 amide bonds. The zero-order valence-electron chi connectivity index (χ0n) is 11.1. The number of alkyl halides is 1. The van der Waals surface area contributed by atoms with Crippen molar-refractivity contribution >= 4 is 39.3 Å². The van der Waals surface area contributed by atoms with Crippen LogP contribution >= 0.6 is 27.5 Å². The van der Waals surface area contributed by atoms with Crippen molar-refractivity contribution in [3.8, 4) is 0 Å². The normalized spacial score (nSPS) is 17.2. The van der Waals surface area contributed by atoms with Crippen LogP contribution in [0.5, 0.6) is 0 Å². The molecule has 0 N–H and O–H groups in total. The van der Waals surface area contributed by atoms with Gasteiger partial charge in [-0.3, -0.25) is 10.1 Å². The molecule has 1 aromatic carbocycles. The van der Waals surface area contributed by atoms with Crippen molar-refractivity contribution in [2.45, 2.75) is 32.1 Å². The third-order valence-corrected chi connectivity index (χ3v) is 4.62. The van der Waals surface area contributed by atoms with Gasteiger partial charge >= 0.3 is 0 Å². The maximum absolute atomic E-state index is 11.1. The van der Waals surface area contributed by atoms with E-state index in [0.717, 1.165) is 18.4 Å². The minimum absolute atomic E-state index is 0.123. The monoisotopic (exact) mass is 357 g/mol. The number of nitrogens with zero attached hydrogens (tertiary/aromatic N) is 1. The summed E-state index contributed by atoms with van der Waals surface area (Å²) in [6, 6.07) is 5.14. The maximum atomic E-state index is 11.1. The second-order valence-electron chi connectivity index (χ2n) is 5.15. The summed E-state index contributed by atoms with van der Waals surface area (Å²) >= 11 is 9.34. The Bertz CT molecular complexity index is 525. The first-order valence-electron chi connectivity index (χ1n) is 6.82. The van der Waals surface area contributed by atoms with E-state index in [-0.39, 0.29) is 10.6 Å². The summed E-state index contributed by atoms with van der Waals surface area (Å²) in [5.41, 5.74) is 1.88. The molecular formula is C15H17BrClNO2. The molecule has 0 aromatic heterocycles. The molecule has 0 saturated heterocycles. The Morgan fingerprint density at radius 3 is 2.70 bits per heavy atom. The lowest BCUT2D eigenvalue weighted by molar-refractivity contribution is -0.385. The molecule has 108 valence electrons. The Kier molecular flexibility index (Phi) is 5.61. The Morgan fingerprint density at radius 1 is 1.40 bits per heavy atom. The van der Waals surface area contributed by atoms with Crippen LogP contribution in [0.25, 0.3) is 6.08 Å². The van der Waals surface area contributed by atoms with Gasteiger partial charge in [0.25, 0.3) is 5.69 Å². The van der Waals surface area contributed by atoms with Crippen molar-refractivity contribution < 1.29 is 4.92 Å². The summed E-state index contributed by atoms with van der Waals surface area (Å²) in [5, 5.41) is 11.1. The van der Waals surface area contributed by atoms with Gasteiger partial charge in [-0.05, 0) is 37.0 Å². The molecule has 1 saturated carbocycles. The fourth-order valence-corrected chi connectivity index (χ4v) is 3.38. The number of hydrogen-bond acceptors (Lipinski definition) is 2. The third kappa shape index (κ3) is 3.83. The third-order valence-electron chi connectivity index (χ3n) is 3.81. The molecule has 0 heterocycles. The molecule has 1 aliphatic rings. The summed E-state index contributed by atoms with van der Waals surface area (Å²) in [5.74, 6) is 0.919. The Labute approximate surface area is 132 Å². The molecule has 2 rings (SSSR count). The van der Waals surface area contributed by atoms with Crippen LogP contribution in [-0.2, 0) is 0 Å². The highest BCUT2D eigenvalue weighted by Gasteiger charge is 2.19. The molecule has 0 radical (unpaired) electrons. The van der Waals surface area contributed by atoms with Gasteiger partial charge in [-0.2, -0.15) is 0 Å². The fourth-order valence-electron chi connectivity index (χ4n) is 2.74. The van der Waals surface area contributed by atoms with Crippen molar-refractivity contribution in [2.24, 2.45) is 5.92 Å². The zero-order valence-corrected chi connectivity index (χ0v) is 13.5.